The van der Waals surface area contributed by atoms with Gasteiger partial charge in [-0.3, -0.25) is 10.2 Å². The summed E-state index contributed by atoms with van der Waals surface area (Å²) in [5.41, 5.74) is 8.33. The number of hydrogen-bond donors (Lipinski definition) is 3. The van der Waals surface area contributed by atoms with E-state index >= 15 is 0 Å². The quantitative estimate of drug-likeness (QED) is 0.219. The third-order valence-electron chi connectivity index (χ3n) is 5.02. The van der Waals surface area contributed by atoms with E-state index in [1.807, 2.05) is 0 Å². The van der Waals surface area contributed by atoms with E-state index in [1.54, 1.807) is 54.6 Å². The van der Waals surface area contributed by atoms with Gasteiger partial charge in [-0.2, -0.15) is 13.5 Å². The third-order valence-corrected chi connectivity index (χ3v) is 5.90. The van der Waals surface area contributed by atoms with Crippen LogP contribution in [0.1, 0.15) is 15.9 Å². The Hall–Kier alpha value is -4.44. The number of nitrogens with two attached hydrogens (primary N) is 1. The minimum absolute atomic E-state index is 0.112. The molecular formula is C24H18FN5O3S. The Morgan fingerprint density at radius 1 is 0.941 bits per heavy atom. The molecule has 0 spiro atoms. The fourth-order valence-electron chi connectivity index (χ4n) is 3.41. The van der Waals surface area contributed by atoms with Crippen molar-refractivity contribution in [3.8, 4) is 22.4 Å². The van der Waals surface area contributed by atoms with Crippen molar-refractivity contribution >= 4 is 27.7 Å². The molecule has 34 heavy (non-hydrogen) atoms. The Labute approximate surface area is 195 Å². The summed E-state index contributed by atoms with van der Waals surface area (Å²) in [5, 5.41) is 18.3. The van der Waals surface area contributed by atoms with Crippen LogP contribution in [-0.4, -0.2) is 30.4 Å². The Kier molecular flexibility index (Phi) is 6.15. The minimum atomic E-state index is -4.89. The zero-order valence-corrected chi connectivity index (χ0v) is 18.4. The van der Waals surface area contributed by atoms with E-state index in [0.717, 1.165) is 0 Å². The number of rotatable bonds is 6. The van der Waals surface area contributed by atoms with E-state index in [1.165, 1.54) is 30.5 Å². The molecule has 0 bridgehead atoms. The van der Waals surface area contributed by atoms with Gasteiger partial charge in [0.2, 0.25) is 0 Å². The summed E-state index contributed by atoms with van der Waals surface area (Å²) in [4.78, 5) is 12.6. The number of benzene rings is 3. The van der Waals surface area contributed by atoms with Gasteiger partial charge in [-0.1, -0.05) is 48.5 Å². The molecule has 1 aromatic heterocycles. The molecule has 4 aromatic rings. The number of nitrogens with zero attached hydrogens (tertiary/aromatic N) is 2. The van der Waals surface area contributed by atoms with Crippen LogP contribution in [0.5, 0.6) is 0 Å². The second-order valence-electron chi connectivity index (χ2n) is 7.25. The van der Waals surface area contributed by atoms with Crippen molar-refractivity contribution in [2.75, 3.05) is 5.32 Å². The number of aromatic nitrogens is 2. The van der Waals surface area contributed by atoms with Gasteiger partial charge < -0.3 is 11.1 Å². The summed E-state index contributed by atoms with van der Waals surface area (Å²) in [6.45, 7) is 0. The van der Waals surface area contributed by atoms with E-state index in [-0.39, 0.29) is 17.0 Å². The zero-order valence-electron chi connectivity index (χ0n) is 17.6. The van der Waals surface area contributed by atoms with Crippen molar-refractivity contribution in [3.05, 3.63) is 96.2 Å². The van der Waals surface area contributed by atoms with Crippen LogP contribution in [0.3, 0.4) is 0 Å². The van der Waals surface area contributed by atoms with Crippen molar-refractivity contribution in [1.82, 2.24) is 10.2 Å². The van der Waals surface area contributed by atoms with Crippen LogP contribution in [0.2, 0.25) is 0 Å². The molecule has 0 aliphatic rings. The normalized spacial score (nSPS) is 11.1. The van der Waals surface area contributed by atoms with Gasteiger partial charge in [0.05, 0.1) is 11.8 Å². The Morgan fingerprint density at radius 3 is 2.38 bits per heavy atom. The molecule has 0 radical (unpaired) electrons. The number of amides is 1. The highest BCUT2D eigenvalue weighted by Gasteiger charge is 2.18. The molecule has 1 heterocycles. The lowest BCUT2D eigenvalue weighted by Gasteiger charge is -2.11. The molecule has 0 aliphatic carbocycles. The fourth-order valence-corrected chi connectivity index (χ4v) is 4.10. The number of carbonyl (C=O) groups excluding carboxylic acids is 1. The molecule has 0 fully saturated rings. The molecule has 0 aliphatic heterocycles. The predicted octanol–water partition coefficient (Wildman–Crippen LogP) is 4.01. The van der Waals surface area contributed by atoms with Gasteiger partial charge in [0, 0.05) is 22.4 Å². The van der Waals surface area contributed by atoms with Crippen molar-refractivity contribution < 1.29 is 17.1 Å². The summed E-state index contributed by atoms with van der Waals surface area (Å²) < 4.78 is 36.5. The minimum Gasteiger partial charge on any atom is -0.384 e. The summed E-state index contributed by atoms with van der Waals surface area (Å²) in [6, 6.07) is 20.4. The smallest absolute Gasteiger partial charge is 0.332 e. The molecule has 1 amide bonds. The van der Waals surface area contributed by atoms with E-state index in [2.05, 4.69) is 15.5 Å². The van der Waals surface area contributed by atoms with Crippen LogP contribution >= 0.6 is 0 Å². The average Bonchev–Trinajstić information content (AvgIpc) is 2.84. The number of nitrogen functional groups attached to an aromatic ring is 1. The first-order chi connectivity index (χ1) is 16.2. The first kappa shape index (κ1) is 22.7. The monoisotopic (exact) mass is 475 g/mol. The topological polar surface area (TPSA) is 139 Å². The van der Waals surface area contributed by atoms with Gasteiger partial charge in [-0.25, -0.2) is 0 Å². The maximum atomic E-state index is 13.6. The number of amidine groups is 1. The molecule has 0 unspecified atom stereocenters. The molecule has 4 rings (SSSR count). The van der Waals surface area contributed by atoms with Crippen molar-refractivity contribution in [1.29, 1.82) is 5.41 Å². The molecular weight excluding hydrogens is 457 g/mol. The van der Waals surface area contributed by atoms with Crippen LogP contribution in [-0.2, 0) is 10.2 Å². The van der Waals surface area contributed by atoms with Gasteiger partial charge >= 0.3 is 10.2 Å². The van der Waals surface area contributed by atoms with E-state index in [4.69, 9.17) is 11.1 Å². The first-order valence-electron chi connectivity index (χ1n) is 9.96. The Balaban J connectivity index is 1.61. The number of anilines is 1. The summed E-state index contributed by atoms with van der Waals surface area (Å²) in [7, 11) is -4.89. The highest BCUT2D eigenvalue weighted by Crippen LogP contribution is 2.29. The molecule has 3 aromatic carbocycles. The largest absolute Gasteiger partial charge is 0.384 e. The van der Waals surface area contributed by atoms with Gasteiger partial charge in [0.1, 0.15) is 16.4 Å². The number of nitrogens with one attached hydrogen (secondary N) is 2. The molecule has 0 atom stereocenters. The maximum absolute atomic E-state index is 13.6. The lowest BCUT2D eigenvalue weighted by atomic mass is 10.0. The molecule has 170 valence electrons. The van der Waals surface area contributed by atoms with Crippen molar-refractivity contribution in [3.63, 3.8) is 0 Å². The Bertz CT molecular complexity index is 1510. The molecule has 10 heteroatoms. The number of hydrogen-bond acceptors (Lipinski definition) is 6. The lowest BCUT2D eigenvalue weighted by molar-refractivity contribution is 0.102. The lowest BCUT2D eigenvalue weighted by Crippen LogP contribution is -2.15. The summed E-state index contributed by atoms with van der Waals surface area (Å²) in [6.07, 6.45) is 1.39. The maximum Gasteiger partial charge on any atom is 0.332 e. The van der Waals surface area contributed by atoms with Crippen LogP contribution < -0.4 is 11.1 Å². The SMILES string of the molecule is N=C(N)c1cccc(-c2nnccc2C(=O)Nc2ccc(-c3ccccc3S(=O)(=O)F)cc2)c1. The highest BCUT2D eigenvalue weighted by molar-refractivity contribution is 7.86. The fraction of sp³-hybridized carbons (Fsp3) is 0. The average molecular weight is 476 g/mol. The third kappa shape index (κ3) is 4.81. The van der Waals surface area contributed by atoms with E-state index in [9.17, 15) is 17.1 Å². The number of carbonyl (C=O) groups is 1. The second-order valence-corrected chi connectivity index (χ2v) is 8.57. The molecule has 4 N–H and O–H groups in total. The van der Waals surface area contributed by atoms with Crippen molar-refractivity contribution in [2.45, 2.75) is 4.90 Å². The highest BCUT2D eigenvalue weighted by atomic mass is 32.3. The summed E-state index contributed by atoms with van der Waals surface area (Å²) in [5.74, 6) is -0.559. The van der Waals surface area contributed by atoms with Gasteiger partial charge in [0.25, 0.3) is 5.91 Å². The van der Waals surface area contributed by atoms with E-state index < -0.39 is 21.0 Å². The molecule has 0 saturated carbocycles. The summed E-state index contributed by atoms with van der Waals surface area (Å²) >= 11 is 0. The van der Waals surface area contributed by atoms with Gasteiger partial charge in [-0.15, -0.1) is 8.98 Å². The molecule has 8 nitrogen and oxygen atoms in total. The second kappa shape index (κ2) is 9.20. The zero-order chi connectivity index (χ0) is 24.3. The number of halogens is 1. The van der Waals surface area contributed by atoms with Crippen LogP contribution in [0.25, 0.3) is 22.4 Å². The Morgan fingerprint density at radius 2 is 1.68 bits per heavy atom. The first-order valence-corrected chi connectivity index (χ1v) is 11.3. The van der Waals surface area contributed by atoms with Gasteiger partial charge in [0.15, 0.2) is 0 Å². The van der Waals surface area contributed by atoms with Crippen LogP contribution in [0.4, 0.5) is 9.57 Å². The van der Waals surface area contributed by atoms with Crippen molar-refractivity contribution in [2.24, 2.45) is 5.73 Å². The van der Waals surface area contributed by atoms with Gasteiger partial charge in [-0.05, 0) is 35.9 Å². The standard InChI is InChI=1S/C24H18FN5O3S/c25-34(32,33)21-7-2-1-6-19(21)15-8-10-18(11-9-15)29-24(31)20-12-13-28-30-22(20)16-4-3-5-17(14-16)23(26)27/h1-14H,(H3,26,27)(H,29,31). The van der Waals surface area contributed by atoms with E-state index in [0.29, 0.717) is 28.1 Å². The van der Waals surface area contributed by atoms with Crippen LogP contribution in [0.15, 0.2) is 90.0 Å². The van der Waals surface area contributed by atoms with Crippen LogP contribution in [0, 0.1) is 5.41 Å². The molecule has 0 saturated heterocycles. The predicted molar refractivity (Wildman–Crippen MR) is 127 cm³/mol.